The topological polar surface area (TPSA) is 65.5 Å². The Kier molecular flexibility index (Phi) is 7.15. The van der Waals surface area contributed by atoms with E-state index in [1.54, 1.807) is 25.4 Å². The van der Waals surface area contributed by atoms with Gasteiger partial charge in [0.1, 0.15) is 5.82 Å². The van der Waals surface area contributed by atoms with E-state index in [9.17, 15) is 14.0 Å². The van der Waals surface area contributed by atoms with E-state index in [0.717, 1.165) is 49.2 Å². The molecule has 0 spiro atoms. The monoisotopic (exact) mass is 520 g/mol. The molecule has 3 aromatic rings. The first-order chi connectivity index (χ1) is 17.8. The summed E-state index contributed by atoms with van der Waals surface area (Å²) in [6.45, 7) is 3.49. The molecule has 8 heteroatoms. The third-order valence-electron chi connectivity index (χ3n) is 7.65. The van der Waals surface area contributed by atoms with Gasteiger partial charge in [-0.1, -0.05) is 23.7 Å². The molecule has 2 aromatic carbocycles. The summed E-state index contributed by atoms with van der Waals surface area (Å²) in [6, 6.07) is 12.4. The van der Waals surface area contributed by atoms with Gasteiger partial charge in [-0.25, -0.2) is 4.39 Å². The molecule has 5 rings (SSSR count). The third kappa shape index (κ3) is 5.05. The summed E-state index contributed by atoms with van der Waals surface area (Å²) >= 11 is 6.24. The van der Waals surface area contributed by atoms with Crippen LogP contribution in [0.2, 0.25) is 5.02 Å². The summed E-state index contributed by atoms with van der Waals surface area (Å²) in [4.78, 5) is 34.6. The van der Waals surface area contributed by atoms with Gasteiger partial charge < -0.3 is 15.1 Å². The van der Waals surface area contributed by atoms with Crippen LogP contribution in [0.4, 0.5) is 10.1 Å². The van der Waals surface area contributed by atoms with E-state index >= 15 is 0 Å². The molecule has 1 aliphatic carbocycles. The van der Waals surface area contributed by atoms with E-state index in [1.165, 1.54) is 6.07 Å². The lowest BCUT2D eigenvalue weighted by molar-refractivity contribution is 0.0709. The van der Waals surface area contributed by atoms with E-state index in [2.05, 4.69) is 15.2 Å². The number of nitrogens with one attached hydrogen (secondary N) is 1. The summed E-state index contributed by atoms with van der Waals surface area (Å²) in [7, 11) is 1.87. The van der Waals surface area contributed by atoms with Crippen molar-refractivity contribution in [3.63, 3.8) is 0 Å². The molecule has 0 radical (unpaired) electrons. The summed E-state index contributed by atoms with van der Waals surface area (Å²) in [5.74, 6) is -1.22. The number of carbonyl (C=O) groups excluding carboxylic acids is 2. The number of pyridine rings is 1. The van der Waals surface area contributed by atoms with Crippen molar-refractivity contribution in [2.24, 2.45) is 0 Å². The predicted octanol–water partition coefficient (Wildman–Crippen LogP) is 5.34. The Balaban J connectivity index is 1.27. The standard InChI is InChI=1S/C29H30ClFN4O2/c1-18-3-7-24(31)26(27(18)30)28(36)33-25-8-6-19-4-5-20(17-23(19)25)29(37)34(2)21-11-15-35(16-12-21)22-9-13-32-14-10-22/h3-5,7,9-10,13-14,17,21,25H,6,8,11-12,15-16H2,1-2H3,(H,33,36). The molecule has 1 aliphatic heterocycles. The number of benzene rings is 2. The predicted molar refractivity (Wildman–Crippen MR) is 143 cm³/mol. The molecule has 1 atom stereocenters. The van der Waals surface area contributed by atoms with Gasteiger partial charge in [0.15, 0.2) is 0 Å². The molecule has 1 fully saturated rings. The van der Waals surface area contributed by atoms with Gasteiger partial charge in [0, 0.05) is 49.8 Å². The minimum Gasteiger partial charge on any atom is -0.371 e. The molecule has 1 unspecified atom stereocenters. The summed E-state index contributed by atoms with van der Waals surface area (Å²) < 4.78 is 14.4. The number of anilines is 1. The smallest absolute Gasteiger partial charge is 0.256 e. The van der Waals surface area contributed by atoms with Crippen LogP contribution in [0.1, 0.15) is 62.7 Å². The van der Waals surface area contributed by atoms with E-state index in [4.69, 9.17) is 11.6 Å². The SMILES string of the molecule is Cc1ccc(F)c(C(=O)NC2CCc3ccc(C(=O)N(C)C4CCN(c5ccncc5)CC4)cc32)c1Cl. The van der Waals surface area contributed by atoms with Crippen molar-refractivity contribution in [3.8, 4) is 0 Å². The van der Waals surface area contributed by atoms with Crippen LogP contribution in [-0.2, 0) is 6.42 Å². The number of hydrogen-bond donors (Lipinski definition) is 1. The van der Waals surface area contributed by atoms with Gasteiger partial charge in [0.05, 0.1) is 16.6 Å². The zero-order valence-electron chi connectivity index (χ0n) is 21.0. The molecule has 1 saturated heterocycles. The maximum absolute atomic E-state index is 14.4. The van der Waals surface area contributed by atoms with Gasteiger partial charge in [0.2, 0.25) is 0 Å². The highest BCUT2D eigenvalue weighted by molar-refractivity contribution is 6.34. The maximum atomic E-state index is 14.4. The van der Waals surface area contributed by atoms with Crippen LogP contribution in [0.5, 0.6) is 0 Å². The number of rotatable bonds is 5. The number of nitrogens with zero attached hydrogens (tertiary/aromatic N) is 3. The highest BCUT2D eigenvalue weighted by Gasteiger charge is 2.30. The van der Waals surface area contributed by atoms with Gasteiger partial charge in [-0.15, -0.1) is 0 Å². The summed E-state index contributed by atoms with van der Waals surface area (Å²) in [6.07, 6.45) is 6.84. The molecule has 0 bridgehead atoms. The van der Waals surface area contributed by atoms with E-state index in [0.29, 0.717) is 17.5 Å². The molecule has 2 amide bonds. The van der Waals surface area contributed by atoms with Crippen LogP contribution in [-0.4, -0.2) is 47.9 Å². The number of fused-ring (bicyclic) bond motifs is 1. The largest absolute Gasteiger partial charge is 0.371 e. The van der Waals surface area contributed by atoms with Crippen molar-refractivity contribution < 1.29 is 14.0 Å². The molecule has 2 aliphatic rings. The number of hydrogen-bond acceptors (Lipinski definition) is 4. The maximum Gasteiger partial charge on any atom is 0.256 e. The van der Waals surface area contributed by atoms with Crippen molar-refractivity contribution in [1.29, 1.82) is 0 Å². The number of piperidine rings is 1. The minimum atomic E-state index is -0.646. The van der Waals surface area contributed by atoms with Gasteiger partial charge in [0.25, 0.3) is 11.8 Å². The molecule has 1 aromatic heterocycles. The van der Waals surface area contributed by atoms with Crippen molar-refractivity contribution in [2.45, 2.75) is 44.7 Å². The second kappa shape index (κ2) is 10.5. The second-order valence-corrected chi connectivity index (χ2v) is 10.2. The zero-order valence-corrected chi connectivity index (χ0v) is 21.8. The summed E-state index contributed by atoms with van der Waals surface area (Å²) in [5.41, 5.74) is 4.25. The van der Waals surface area contributed by atoms with E-state index in [1.807, 2.05) is 42.3 Å². The number of amides is 2. The Bertz CT molecular complexity index is 1320. The lowest BCUT2D eigenvalue weighted by atomic mass is 10.00. The molecular formula is C29H30ClFN4O2. The van der Waals surface area contributed by atoms with E-state index < -0.39 is 11.7 Å². The summed E-state index contributed by atoms with van der Waals surface area (Å²) in [5, 5.41) is 3.06. The van der Waals surface area contributed by atoms with Crippen LogP contribution in [0.3, 0.4) is 0 Å². The Morgan fingerprint density at radius 3 is 2.54 bits per heavy atom. The van der Waals surface area contributed by atoms with Gasteiger partial charge in [-0.2, -0.15) is 0 Å². The first-order valence-electron chi connectivity index (χ1n) is 12.6. The molecule has 1 N–H and O–H groups in total. The highest BCUT2D eigenvalue weighted by atomic mass is 35.5. The van der Waals surface area contributed by atoms with E-state index in [-0.39, 0.29) is 28.6 Å². The lowest BCUT2D eigenvalue weighted by Crippen LogP contribution is -2.45. The van der Waals surface area contributed by atoms with Crippen LogP contribution in [0.15, 0.2) is 54.9 Å². The fourth-order valence-electron chi connectivity index (χ4n) is 5.42. The second-order valence-electron chi connectivity index (χ2n) is 9.87. The molecule has 37 heavy (non-hydrogen) atoms. The number of aryl methyl sites for hydroxylation is 2. The fraction of sp³-hybridized carbons (Fsp3) is 0.345. The quantitative estimate of drug-likeness (QED) is 0.493. The molecule has 6 nitrogen and oxygen atoms in total. The van der Waals surface area contributed by atoms with Crippen LogP contribution in [0, 0.1) is 12.7 Å². The van der Waals surface area contributed by atoms with Gasteiger partial charge in [-0.3, -0.25) is 14.6 Å². The average Bonchev–Trinajstić information content (AvgIpc) is 3.32. The number of aromatic nitrogens is 1. The Morgan fingerprint density at radius 2 is 1.81 bits per heavy atom. The zero-order chi connectivity index (χ0) is 26.1. The highest BCUT2D eigenvalue weighted by Crippen LogP contribution is 2.34. The first kappa shape index (κ1) is 25.2. The molecule has 192 valence electrons. The van der Waals surface area contributed by atoms with Gasteiger partial charge >= 0.3 is 0 Å². The van der Waals surface area contributed by atoms with Crippen molar-refractivity contribution in [2.75, 3.05) is 25.0 Å². The van der Waals surface area contributed by atoms with Crippen molar-refractivity contribution in [1.82, 2.24) is 15.2 Å². The Morgan fingerprint density at radius 1 is 1.08 bits per heavy atom. The van der Waals surface area contributed by atoms with Crippen LogP contribution in [0.25, 0.3) is 0 Å². The van der Waals surface area contributed by atoms with Crippen LogP contribution >= 0.6 is 11.6 Å². The lowest BCUT2D eigenvalue weighted by Gasteiger charge is -2.38. The average molecular weight is 521 g/mol. The number of halogens is 2. The molecule has 0 saturated carbocycles. The van der Waals surface area contributed by atoms with Crippen LogP contribution < -0.4 is 10.2 Å². The van der Waals surface area contributed by atoms with Crippen molar-refractivity contribution in [3.05, 3.63) is 93.5 Å². The Hall–Kier alpha value is -3.45. The Labute approximate surface area is 221 Å². The minimum absolute atomic E-state index is 0.0325. The number of carbonyl (C=O) groups is 2. The third-order valence-corrected chi connectivity index (χ3v) is 8.13. The van der Waals surface area contributed by atoms with Gasteiger partial charge in [-0.05, 0) is 79.6 Å². The fourth-order valence-corrected chi connectivity index (χ4v) is 5.66. The van der Waals surface area contributed by atoms with Crippen molar-refractivity contribution >= 4 is 29.1 Å². The normalized spacial score (nSPS) is 17.4. The first-order valence-corrected chi connectivity index (χ1v) is 13.0. The molecular weight excluding hydrogens is 491 g/mol. The molecule has 2 heterocycles.